The molecule has 0 aliphatic heterocycles. The summed E-state index contributed by atoms with van der Waals surface area (Å²) in [6, 6.07) is 3.56. The van der Waals surface area contributed by atoms with Crippen LogP contribution in [0.1, 0.15) is 23.7 Å². The van der Waals surface area contributed by atoms with Crippen molar-refractivity contribution in [1.82, 2.24) is 4.98 Å². The molecule has 1 aromatic heterocycles. The molecule has 0 saturated heterocycles. The van der Waals surface area contributed by atoms with Gasteiger partial charge in [0.25, 0.3) is 0 Å². The predicted molar refractivity (Wildman–Crippen MR) is 68.4 cm³/mol. The van der Waals surface area contributed by atoms with Gasteiger partial charge in [-0.3, -0.25) is 4.79 Å². The van der Waals surface area contributed by atoms with Crippen molar-refractivity contribution in [3.63, 3.8) is 0 Å². The molecule has 0 bridgehead atoms. The second-order valence-electron chi connectivity index (χ2n) is 4.01. The van der Waals surface area contributed by atoms with Crippen molar-refractivity contribution in [2.45, 2.75) is 27.2 Å². The van der Waals surface area contributed by atoms with Crippen molar-refractivity contribution in [2.75, 3.05) is 0 Å². The van der Waals surface area contributed by atoms with Crippen LogP contribution in [0.4, 0.5) is 0 Å². The molecule has 2 aromatic rings. The molecule has 0 aliphatic carbocycles. The molecule has 2 rings (SSSR count). The summed E-state index contributed by atoms with van der Waals surface area (Å²) in [5.41, 5.74) is 3.69. The van der Waals surface area contributed by atoms with Gasteiger partial charge in [0.2, 0.25) is 0 Å². The van der Waals surface area contributed by atoms with Gasteiger partial charge in [0.15, 0.2) is 5.43 Å². The van der Waals surface area contributed by atoms with Crippen LogP contribution in [-0.2, 0) is 6.42 Å². The molecular formula is C13H14ClNO. The summed E-state index contributed by atoms with van der Waals surface area (Å²) < 4.78 is 0. The Labute approximate surface area is 99.3 Å². The maximum Gasteiger partial charge on any atom is 0.192 e. The molecule has 16 heavy (non-hydrogen) atoms. The lowest BCUT2D eigenvalue weighted by atomic mass is 10.1. The third-order valence-electron chi connectivity index (χ3n) is 3.07. The SMILES string of the molecule is CCc1[nH]c2c(C)c(Cl)ccc2c(=O)c1C. The normalized spacial score (nSPS) is 11.0. The summed E-state index contributed by atoms with van der Waals surface area (Å²) in [6.07, 6.45) is 0.822. The Bertz CT molecular complexity index is 613. The molecule has 0 unspecified atom stereocenters. The number of hydrogen-bond donors (Lipinski definition) is 1. The average Bonchev–Trinajstić information content (AvgIpc) is 2.28. The lowest BCUT2D eigenvalue weighted by Crippen LogP contribution is -2.11. The molecule has 0 fully saturated rings. The quantitative estimate of drug-likeness (QED) is 0.808. The number of aromatic nitrogens is 1. The predicted octanol–water partition coefficient (Wildman–Crippen LogP) is 3.36. The maximum atomic E-state index is 12.1. The Morgan fingerprint density at radius 3 is 2.56 bits per heavy atom. The number of fused-ring (bicyclic) bond motifs is 1. The molecule has 1 N–H and O–H groups in total. The smallest absolute Gasteiger partial charge is 0.192 e. The van der Waals surface area contributed by atoms with Crippen LogP contribution in [0.3, 0.4) is 0 Å². The average molecular weight is 236 g/mol. The van der Waals surface area contributed by atoms with Gasteiger partial charge in [0.1, 0.15) is 0 Å². The highest BCUT2D eigenvalue weighted by Gasteiger charge is 2.09. The van der Waals surface area contributed by atoms with E-state index < -0.39 is 0 Å². The molecule has 1 aromatic carbocycles. The third-order valence-corrected chi connectivity index (χ3v) is 3.48. The first-order valence-corrected chi connectivity index (χ1v) is 5.74. The van der Waals surface area contributed by atoms with Crippen LogP contribution in [0.25, 0.3) is 10.9 Å². The van der Waals surface area contributed by atoms with Crippen LogP contribution >= 0.6 is 11.6 Å². The van der Waals surface area contributed by atoms with E-state index in [-0.39, 0.29) is 5.43 Å². The van der Waals surface area contributed by atoms with Crippen molar-refractivity contribution in [3.05, 3.63) is 44.2 Å². The Kier molecular flexibility index (Phi) is 2.76. The van der Waals surface area contributed by atoms with Crippen LogP contribution in [0, 0.1) is 13.8 Å². The first-order chi connectivity index (χ1) is 7.56. The summed E-state index contributed by atoms with van der Waals surface area (Å²) in [5.74, 6) is 0. The second kappa shape index (κ2) is 3.95. The zero-order valence-electron chi connectivity index (χ0n) is 9.65. The highest BCUT2D eigenvalue weighted by atomic mass is 35.5. The van der Waals surface area contributed by atoms with E-state index in [9.17, 15) is 4.79 Å². The van der Waals surface area contributed by atoms with Gasteiger partial charge in [0, 0.05) is 21.7 Å². The van der Waals surface area contributed by atoms with Gasteiger partial charge in [-0.1, -0.05) is 18.5 Å². The van der Waals surface area contributed by atoms with Crippen molar-refractivity contribution < 1.29 is 0 Å². The minimum Gasteiger partial charge on any atom is -0.358 e. The number of pyridine rings is 1. The summed E-state index contributed by atoms with van der Waals surface area (Å²) in [5, 5.41) is 1.41. The fourth-order valence-corrected chi connectivity index (χ4v) is 2.13. The minimum atomic E-state index is 0.102. The molecule has 0 atom stereocenters. The lowest BCUT2D eigenvalue weighted by molar-refractivity contribution is 1.02. The zero-order valence-corrected chi connectivity index (χ0v) is 10.4. The number of rotatable bonds is 1. The lowest BCUT2D eigenvalue weighted by Gasteiger charge is -2.09. The van der Waals surface area contributed by atoms with Crippen molar-refractivity contribution >= 4 is 22.5 Å². The topological polar surface area (TPSA) is 32.9 Å². The van der Waals surface area contributed by atoms with Gasteiger partial charge in [-0.15, -0.1) is 0 Å². The van der Waals surface area contributed by atoms with E-state index in [2.05, 4.69) is 4.98 Å². The highest BCUT2D eigenvalue weighted by molar-refractivity contribution is 6.32. The molecular weight excluding hydrogens is 222 g/mol. The first kappa shape index (κ1) is 11.2. The second-order valence-corrected chi connectivity index (χ2v) is 4.41. The van der Waals surface area contributed by atoms with Crippen molar-refractivity contribution in [1.29, 1.82) is 0 Å². The van der Waals surface area contributed by atoms with E-state index >= 15 is 0 Å². The summed E-state index contributed by atoms with van der Waals surface area (Å²) >= 11 is 6.05. The van der Waals surface area contributed by atoms with Crippen molar-refractivity contribution in [3.8, 4) is 0 Å². The van der Waals surface area contributed by atoms with Crippen molar-refractivity contribution in [2.24, 2.45) is 0 Å². The zero-order chi connectivity index (χ0) is 11.9. The van der Waals surface area contributed by atoms with Crippen LogP contribution in [0.5, 0.6) is 0 Å². The molecule has 0 radical (unpaired) electrons. The summed E-state index contributed by atoms with van der Waals surface area (Å²) in [4.78, 5) is 15.4. The van der Waals surface area contributed by atoms with Gasteiger partial charge in [-0.2, -0.15) is 0 Å². The van der Waals surface area contributed by atoms with Crippen LogP contribution in [0.15, 0.2) is 16.9 Å². The van der Waals surface area contributed by atoms with E-state index in [0.717, 1.165) is 34.1 Å². The molecule has 2 nitrogen and oxygen atoms in total. The number of benzene rings is 1. The number of nitrogens with one attached hydrogen (secondary N) is 1. The highest BCUT2D eigenvalue weighted by Crippen LogP contribution is 2.22. The standard InChI is InChI=1S/C13H14ClNO/c1-4-11-8(3)13(16)9-5-6-10(14)7(2)12(9)15-11/h5-6H,4H2,1-3H3,(H,15,16). The van der Waals surface area contributed by atoms with Crippen LogP contribution in [0.2, 0.25) is 5.02 Å². The van der Waals surface area contributed by atoms with E-state index in [4.69, 9.17) is 11.6 Å². The minimum absolute atomic E-state index is 0.102. The van der Waals surface area contributed by atoms with Gasteiger partial charge < -0.3 is 4.98 Å². The van der Waals surface area contributed by atoms with E-state index in [1.165, 1.54) is 0 Å². The van der Waals surface area contributed by atoms with E-state index in [1.807, 2.05) is 20.8 Å². The van der Waals surface area contributed by atoms with Gasteiger partial charge >= 0.3 is 0 Å². The van der Waals surface area contributed by atoms with Gasteiger partial charge in [-0.25, -0.2) is 0 Å². The monoisotopic (exact) mass is 235 g/mol. The number of aromatic amines is 1. The van der Waals surface area contributed by atoms with Crippen LogP contribution < -0.4 is 5.43 Å². The van der Waals surface area contributed by atoms with Gasteiger partial charge in [-0.05, 0) is 38.0 Å². The Morgan fingerprint density at radius 2 is 1.94 bits per heavy atom. The van der Waals surface area contributed by atoms with Crippen LogP contribution in [-0.4, -0.2) is 4.98 Å². The fraction of sp³-hybridized carbons (Fsp3) is 0.308. The maximum absolute atomic E-state index is 12.1. The number of aryl methyl sites for hydroxylation is 2. The molecule has 0 amide bonds. The van der Waals surface area contributed by atoms with Gasteiger partial charge in [0.05, 0.1) is 5.52 Å². The van der Waals surface area contributed by atoms with E-state index in [0.29, 0.717) is 5.02 Å². The number of H-pyrrole nitrogens is 1. The number of hydrogen-bond acceptors (Lipinski definition) is 1. The summed E-state index contributed by atoms with van der Waals surface area (Å²) in [6.45, 7) is 5.82. The molecule has 0 saturated carbocycles. The first-order valence-electron chi connectivity index (χ1n) is 5.36. The largest absolute Gasteiger partial charge is 0.358 e. The molecule has 84 valence electrons. The number of halogens is 1. The molecule has 1 heterocycles. The Balaban J connectivity index is 2.99. The Morgan fingerprint density at radius 1 is 1.25 bits per heavy atom. The molecule has 0 aliphatic rings. The molecule has 3 heteroatoms. The Hall–Kier alpha value is -1.28. The summed E-state index contributed by atoms with van der Waals surface area (Å²) in [7, 11) is 0. The van der Waals surface area contributed by atoms with E-state index in [1.54, 1.807) is 12.1 Å². The molecule has 0 spiro atoms. The fourth-order valence-electron chi connectivity index (χ4n) is 1.97. The third kappa shape index (κ3) is 1.54.